The van der Waals surface area contributed by atoms with Crippen molar-refractivity contribution in [2.45, 2.75) is 26.3 Å². The molecule has 0 aromatic heterocycles. The molecule has 0 radical (unpaired) electrons. The number of hydrogen-bond acceptors (Lipinski definition) is 2. The highest BCUT2D eigenvalue weighted by Crippen LogP contribution is 2.05. The van der Waals surface area contributed by atoms with Crippen molar-refractivity contribution >= 4 is 18.0 Å². The molecule has 3 heteroatoms. The number of nitrogens with zero attached hydrogens (tertiary/aromatic N) is 1. The minimum atomic E-state index is -0.311. The van der Waals surface area contributed by atoms with Crippen molar-refractivity contribution in [3.63, 3.8) is 0 Å². The molecule has 0 unspecified atom stereocenters. The average molecular weight is 187 g/mol. The monoisotopic (exact) mass is 187 g/mol. The molecule has 0 aliphatic heterocycles. The fraction of sp³-hybridized carbons (Fsp3) is 0.667. The number of thioether (sulfide) groups is 1. The molecule has 0 aliphatic carbocycles. The molecule has 2 nitrogen and oxygen atoms in total. The van der Waals surface area contributed by atoms with Crippen molar-refractivity contribution in [2.75, 3.05) is 11.5 Å². The van der Waals surface area contributed by atoms with E-state index in [1.165, 1.54) is 0 Å². The molecule has 0 saturated carbocycles. The van der Waals surface area contributed by atoms with E-state index >= 15 is 0 Å². The molecule has 0 fully saturated rings. The zero-order valence-electron chi connectivity index (χ0n) is 8.04. The number of hydroxylamine groups is 1. The number of hydrogen-bond donors (Lipinski definition) is 0. The lowest BCUT2D eigenvalue weighted by Crippen LogP contribution is -2.29. The molecule has 0 saturated heterocycles. The van der Waals surface area contributed by atoms with Crippen molar-refractivity contribution in [2.24, 2.45) is 0 Å². The van der Waals surface area contributed by atoms with Gasteiger partial charge in [-0.1, -0.05) is 6.08 Å². The largest absolute Gasteiger partial charge is 0.624 e. The summed E-state index contributed by atoms with van der Waals surface area (Å²) < 4.78 is 1.00. The van der Waals surface area contributed by atoms with Gasteiger partial charge in [0.1, 0.15) is 0 Å². The third-order valence-electron chi connectivity index (χ3n) is 1.26. The standard InChI is InChI=1S/C9H17NOS/c1-5-7-12-8-6-10(11)9(2,3)4/h5-6H,1,7-8H2,2-4H3/b10-6-. The summed E-state index contributed by atoms with van der Waals surface area (Å²) in [5, 5.41) is 11.2. The molecule has 0 aromatic rings. The van der Waals surface area contributed by atoms with Gasteiger partial charge in [-0.05, 0) is 0 Å². The Morgan fingerprint density at radius 2 is 2.00 bits per heavy atom. The first-order valence-corrected chi connectivity index (χ1v) is 5.12. The fourth-order valence-electron chi connectivity index (χ4n) is 0.546. The lowest BCUT2D eigenvalue weighted by Gasteiger charge is -2.18. The molecule has 12 heavy (non-hydrogen) atoms. The molecule has 0 rings (SSSR count). The van der Waals surface area contributed by atoms with Crippen LogP contribution >= 0.6 is 11.8 Å². The highest BCUT2D eigenvalue weighted by atomic mass is 32.2. The van der Waals surface area contributed by atoms with Crippen LogP contribution in [0.3, 0.4) is 0 Å². The smallest absolute Gasteiger partial charge is 0.164 e. The molecule has 0 aliphatic rings. The summed E-state index contributed by atoms with van der Waals surface area (Å²) in [7, 11) is 0. The Hall–Kier alpha value is -0.440. The van der Waals surface area contributed by atoms with Gasteiger partial charge in [-0.3, -0.25) is 0 Å². The molecule has 0 spiro atoms. The van der Waals surface area contributed by atoms with Crippen molar-refractivity contribution in [1.29, 1.82) is 0 Å². The third-order valence-corrected chi connectivity index (χ3v) is 2.11. The van der Waals surface area contributed by atoms with E-state index in [0.29, 0.717) is 0 Å². The van der Waals surface area contributed by atoms with E-state index in [1.54, 1.807) is 18.0 Å². The Morgan fingerprint density at radius 3 is 2.42 bits per heavy atom. The van der Waals surface area contributed by atoms with Gasteiger partial charge in [-0.2, -0.15) is 0 Å². The van der Waals surface area contributed by atoms with E-state index in [2.05, 4.69) is 6.58 Å². The van der Waals surface area contributed by atoms with E-state index in [0.717, 1.165) is 16.2 Å². The fourth-order valence-corrected chi connectivity index (χ4v) is 1.09. The maximum Gasteiger partial charge on any atom is 0.164 e. The SMILES string of the molecule is C=CCSC/C=[N+](\[O-])C(C)(C)C. The normalized spacial score (nSPS) is 13.1. The highest BCUT2D eigenvalue weighted by molar-refractivity contribution is 8.00. The van der Waals surface area contributed by atoms with E-state index in [1.807, 2.05) is 26.8 Å². The first kappa shape index (κ1) is 11.6. The van der Waals surface area contributed by atoms with Gasteiger partial charge in [0.15, 0.2) is 11.8 Å². The maximum atomic E-state index is 11.2. The molecule has 0 amide bonds. The second-order valence-corrected chi connectivity index (χ2v) is 4.58. The van der Waals surface area contributed by atoms with Crippen LogP contribution in [0.5, 0.6) is 0 Å². The van der Waals surface area contributed by atoms with Crippen molar-refractivity contribution in [3.05, 3.63) is 17.9 Å². The van der Waals surface area contributed by atoms with Gasteiger partial charge in [0.05, 0.1) is 5.75 Å². The van der Waals surface area contributed by atoms with Crippen molar-refractivity contribution in [1.82, 2.24) is 0 Å². The zero-order valence-corrected chi connectivity index (χ0v) is 8.86. The molecular formula is C9H17NOS. The van der Waals surface area contributed by atoms with Gasteiger partial charge in [0.2, 0.25) is 0 Å². The predicted molar refractivity (Wildman–Crippen MR) is 57.0 cm³/mol. The summed E-state index contributed by atoms with van der Waals surface area (Å²) in [6.07, 6.45) is 3.51. The van der Waals surface area contributed by atoms with Gasteiger partial charge in [0.25, 0.3) is 0 Å². The van der Waals surface area contributed by atoms with Gasteiger partial charge in [0, 0.05) is 26.5 Å². The Bertz CT molecular complexity index is 170. The summed E-state index contributed by atoms with van der Waals surface area (Å²) in [6.45, 7) is 9.29. The third kappa shape index (κ3) is 5.24. The lowest BCUT2D eigenvalue weighted by molar-refractivity contribution is -0.531. The van der Waals surface area contributed by atoms with Crippen LogP contribution in [0.15, 0.2) is 12.7 Å². The second-order valence-electron chi connectivity index (χ2n) is 3.51. The Labute approximate surface area is 78.9 Å². The second kappa shape index (κ2) is 5.25. The summed E-state index contributed by atoms with van der Waals surface area (Å²) >= 11 is 1.68. The minimum Gasteiger partial charge on any atom is -0.624 e. The van der Waals surface area contributed by atoms with Crippen LogP contribution < -0.4 is 0 Å². The maximum absolute atomic E-state index is 11.2. The average Bonchev–Trinajstić information content (AvgIpc) is 1.96. The quantitative estimate of drug-likeness (QED) is 0.168. The molecule has 0 heterocycles. The number of rotatable bonds is 4. The van der Waals surface area contributed by atoms with Gasteiger partial charge >= 0.3 is 0 Å². The molecule has 0 aromatic carbocycles. The Morgan fingerprint density at radius 1 is 1.42 bits per heavy atom. The van der Waals surface area contributed by atoms with E-state index < -0.39 is 0 Å². The topological polar surface area (TPSA) is 26.1 Å². The summed E-state index contributed by atoms with van der Waals surface area (Å²) in [6, 6.07) is 0. The minimum absolute atomic E-state index is 0.311. The van der Waals surface area contributed by atoms with E-state index in [-0.39, 0.29) is 5.54 Å². The summed E-state index contributed by atoms with van der Waals surface area (Å²) in [5.74, 6) is 1.65. The Balaban J connectivity index is 3.77. The summed E-state index contributed by atoms with van der Waals surface area (Å²) in [4.78, 5) is 0. The van der Waals surface area contributed by atoms with Crippen molar-refractivity contribution in [3.8, 4) is 0 Å². The first-order valence-electron chi connectivity index (χ1n) is 3.97. The van der Waals surface area contributed by atoms with Crippen LogP contribution in [0.1, 0.15) is 20.8 Å². The van der Waals surface area contributed by atoms with Gasteiger partial charge in [-0.15, -0.1) is 18.3 Å². The van der Waals surface area contributed by atoms with Crippen LogP contribution in [-0.4, -0.2) is 28.0 Å². The molecule has 0 atom stereocenters. The van der Waals surface area contributed by atoms with Crippen LogP contribution in [0, 0.1) is 5.21 Å². The predicted octanol–water partition coefficient (Wildman–Crippen LogP) is 2.29. The van der Waals surface area contributed by atoms with E-state index in [9.17, 15) is 5.21 Å². The Kier molecular flexibility index (Phi) is 5.06. The molecule has 0 N–H and O–H groups in total. The van der Waals surface area contributed by atoms with Crippen LogP contribution in [0.4, 0.5) is 0 Å². The highest BCUT2D eigenvalue weighted by Gasteiger charge is 2.17. The van der Waals surface area contributed by atoms with Gasteiger partial charge in [-0.25, -0.2) is 4.74 Å². The summed E-state index contributed by atoms with van der Waals surface area (Å²) in [5.41, 5.74) is -0.311. The molecule has 0 bridgehead atoms. The van der Waals surface area contributed by atoms with Crippen LogP contribution in [0.25, 0.3) is 0 Å². The zero-order chi connectivity index (χ0) is 9.61. The molecular weight excluding hydrogens is 170 g/mol. The van der Waals surface area contributed by atoms with Crippen molar-refractivity contribution < 1.29 is 4.74 Å². The molecule has 70 valence electrons. The van der Waals surface area contributed by atoms with E-state index in [4.69, 9.17) is 0 Å². The van der Waals surface area contributed by atoms with Crippen LogP contribution in [-0.2, 0) is 0 Å². The lowest BCUT2D eigenvalue weighted by atomic mass is 10.1. The first-order chi connectivity index (χ1) is 5.48. The van der Waals surface area contributed by atoms with Gasteiger partial charge < -0.3 is 5.21 Å². The van der Waals surface area contributed by atoms with Crippen LogP contribution in [0.2, 0.25) is 0 Å².